The van der Waals surface area contributed by atoms with Crippen LogP contribution in [0.1, 0.15) is 0 Å². The number of halogens is 2. The second kappa shape index (κ2) is 7.13. The molecule has 0 N–H and O–H groups in total. The Balaban J connectivity index is 2.57. The zero-order valence-corrected chi connectivity index (χ0v) is 14.2. The highest BCUT2D eigenvalue weighted by atomic mass is 79.9. The summed E-state index contributed by atoms with van der Waals surface area (Å²) in [5.41, 5.74) is 0.663. The average molecular weight is 391 g/mol. The van der Waals surface area contributed by atoms with Crippen molar-refractivity contribution in [3.8, 4) is 0 Å². The number of carbonyl (C=O) groups is 2. The second-order valence-corrected chi connectivity index (χ2v) is 5.63. The van der Waals surface area contributed by atoms with Crippen molar-refractivity contribution in [1.29, 1.82) is 0 Å². The Labute approximate surface area is 140 Å². The number of rotatable bonds is 3. The molecule has 6 nitrogen and oxygen atoms in total. The van der Waals surface area contributed by atoms with Crippen molar-refractivity contribution < 1.29 is 23.8 Å². The zero-order chi connectivity index (χ0) is 16.3. The van der Waals surface area contributed by atoms with E-state index in [1.54, 1.807) is 18.2 Å². The van der Waals surface area contributed by atoms with E-state index in [1.165, 1.54) is 19.1 Å². The van der Waals surface area contributed by atoms with Gasteiger partial charge in [-0.05, 0) is 18.2 Å². The molecule has 1 aromatic carbocycles. The fourth-order valence-corrected chi connectivity index (χ4v) is 2.81. The van der Waals surface area contributed by atoms with Gasteiger partial charge in [0.15, 0.2) is 0 Å². The Morgan fingerprint density at radius 1 is 1.27 bits per heavy atom. The fraction of sp³-hybridized carbons (Fsp3) is 0.286. The molecule has 8 heteroatoms. The lowest BCUT2D eigenvalue weighted by Gasteiger charge is -2.31. The average Bonchev–Trinajstić information content (AvgIpc) is 2.52. The maximum absolute atomic E-state index is 12.1. The van der Waals surface area contributed by atoms with Crippen LogP contribution in [0.15, 0.2) is 33.9 Å². The SMILES string of the molecule is COC(=O)C1=C(C(=O)OC)N(c2ccc(Br)cc2Cl)COC1. The fourth-order valence-electron chi connectivity index (χ4n) is 2.03. The molecule has 118 valence electrons. The lowest BCUT2D eigenvalue weighted by atomic mass is 10.1. The third-order valence-corrected chi connectivity index (χ3v) is 3.83. The van der Waals surface area contributed by atoms with Crippen molar-refractivity contribution in [3.63, 3.8) is 0 Å². The molecule has 1 heterocycles. The van der Waals surface area contributed by atoms with Crippen molar-refractivity contribution in [3.05, 3.63) is 39.0 Å². The molecule has 0 bridgehead atoms. The normalized spacial score (nSPS) is 14.8. The quantitative estimate of drug-likeness (QED) is 0.739. The molecular formula is C14H13BrClNO5. The summed E-state index contributed by atoms with van der Waals surface area (Å²) in [5.74, 6) is -1.32. The van der Waals surface area contributed by atoms with Crippen LogP contribution in [-0.4, -0.2) is 39.5 Å². The molecule has 0 saturated heterocycles. The Morgan fingerprint density at radius 2 is 1.95 bits per heavy atom. The van der Waals surface area contributed by atoms with Gasteiger partial charge >= 0.3 is 11.9 Å². The van der Waals surface area contributed by atoms with Crippen LogP contribution in [0.4, 0.5) is 5.69 Å². The van der Waals surface area contributed by atoms with Gasteiger partial charge in [-0.15, -0.1) is 0 Å². The van der Waals surface area contributed by atoms with Gasteiger partial charge < -0.3 is 19.1 Å². The van der Waals surface area contributed by atoms with Crippen molar-refractivity contribution in [2.24, 2.45) is 0 Å². The smallest absolute Gasteiger partial charge is 0.355 e. The summed E-state index contributed by atoms with van der Waals surface area (Å²) in [6.45, 7) is 0.0219. The van der Waals surface area contributed by atoms with E-state index in [2.05, 4.69) is 15.9 Å². The largest absolute Gasteiger partial charge is 0.466 e. The number of esters is 2. The van der Waals surface area contributed by atoms with Gasteiger partial charge in [0.05, 0.1) is 37.1 Å². The molecule has 0 spiro atoms. The van der Waals surface area contributed by atoms with E-state index in [1.807, 2.05) is 0 Å². The second-order valence-electron chi connectivity index (χ2n) is 4.31. The first-order valence-corrected chi connectivity index (χ1v) is 7.36. The predicted octanol–water partition coefficient (Wildman–Crippen LogP) is 2.50. The molecule has 22 heavy (non-hydrogen) atoms. The van der Waals surface area contributed by atoms with E-state index in [9.17, 15) is 9.59 Å². The molecule has 0 fully saturated rings. The van der Waals surface area contributed by atoms with Crippen LogP contribution in [0.3, 0.4) is 0 Å². The Bertz CT molecular complexity index is 646. The third-order valence-electron chi connectivity index (χ3n) is 3.03. The molecule has 0 atom stereocenters. The van der Waals surface area contributed by atoms with Crippen LogP contribution in [-0.2, 0) is 23.8 Å². The topological polar surface area (TPSA) is 65.1 Å². The number of benzene rings is 1. The van der Waals surface area contributed by atoms with Gasteiger partial charge in [0, 0.05) is 4.47 Å². The Kier molecular flexibility index (Phi) is 5.44. The number of methoxy groups -OCH3 is 2. The molecule has 1 aromatic rings. The van der Waals surface area contributed by atoms with Gasteiger partial charge in [0.2, 0.25) is 0 Å². The molecule has 0 amide bonds. The first-order chi connectivity index (χ1) is 10.5. The first-order valence-electron chi connectivity index (χ1n) is 6.19. The number of anilines is 1. The minimum Gasteiger partial charge on any atom is -0.466 e. The summed E-state index contributed by atoms with van der Waals surface area (Å²) in [7, 11) is 2.47. The van der Waals surface area contributed by atoms with E-state index in [4.69, 9.17) is 25.8 Å². The van der Waals surface area contributed by atoms with Crippen LogP contribution < -0.4 is 4.90 Å². The minimum absolute atomic E-state index is 0.0399. The van der Waals surface area contributed by atoms with Crippen molar-refractivity contribution in [2.45, 2.75) is 0 Å². The molecular weight excluding hydrogens is 378 g/mol. The van der Waals surface area contributed by atoms with Crippen molar-refractivity contribution in [2.75, 3.05) is 32.5 Å². The number of carbonyl (C=O) groups excluding carboxylic acids is 2. The molecule has 2 rings (SSSR count). The monoisotopic (exact) mass is 389 g/mol. The number of hydrogen-bond donors (Lipinski definition) is 0. The van der Waals surface area contributed by atoms with Gasteiger partial charge in [-0.1, -0.05) is 27.5 Å². The molecule has 0 aromatic heterocycles. The van der Waals surface area contributed by atoms with Gasteiger partial charge in [0.25, 0.3) is 0 Å². The summed E-state index contributed by atoms with van der Waals surface area (Å²) in [6, 6.07) is 5.15. The number of nitrogens with zero attached hydrogens (tertiary/aromatic N) is 1. The molecule has 1 aliphatic rings. The van der Waals surface area contributed by atoms with E-state index >= 15 is 0 Å². The molecule has 0 saturated carbocycles. The highest BCUT2D eigenvalue weighted by Crippen LogP contribution is 2.34. The minimum atomic E-state index is -0.664. The maximum atomic E-state index is 12.1. The van der Waals surface area contributed by atoms with E-state index < -0.39 is 11.9 Å². The van der Waals surface area contributed by atoms with Crippen LogP contribution in [0.25, 0.3) is 0 Å². The summed E-state index contributed by atoms with van der Waals surface area (Å²) in [6.07, 6.45) is 0. The van der Waals surface area contributed by atoms with E-state index in [0.717, 1.165) is 4.47 Å². The van der Waals surface area contributed by atoms with Gasteiger partial charge in [-0.25, -0.2) is 9.59 Å². The molecule has 1 aliphatic heterocycles. The highest BCUT2D eigenvalue weighted by molar-refractivity contribution is 9.10. The predicted molar refractivity (Wildman–Crippen MR) is 83.5 cm³/mol. The lowest BCUT2D eigenvalue weighted by Crippen LogP contribution is -2.38. The Hall–Kier alpha value is -1.57. The van der Waals surface area contributed by atoms with E-state index in [0.29, 0.717) is 10.7 Å². The Morgan fingerprint density at radius 3 is 2.55 bits per heavy atom. The highest BCUT2D eigenvalue weighted by Gasteiger charge is 2.33. The van der Waals surface area contributed by atoms with Crippen LogP contribution in [0.5, 0.6) is 0 Å². The lowest BCUT2D eigenvalue weighted by molar-refractivity contribution is -0.140. The molecule has 0 radical (unpaired) electrons. The number of hydrogen-bond acceptors (Lipinski definition) is 6. The first kappa shape index (κ1) is 16.8. The van der Waals surface area contributed by atoms with Gasteiger partial charge in [-0.3, -0.25) is 0 Å². The summed E-state index contributed by atoms with van der Waals surface area (Å²) in [4.78, 5) is 25.5. The molecule has 0 unspecified atom stereocenters. The molecule has 0 aliphatic carbocycles. The van der Waals surface area contributed by atoms with Crippen molar-refractivity contribution >= 4 is 45.2 Å². The summed E-state index contributed by atoms with van der Waals surface area (Å²) >= 11 is 9.53. The van der Waals surface area contributed by atoms with Gasteiger partial charge in [0.1, 0.15) is 12.4 Å². The standard InChI is InChI=1S/C14H13BrClNO5/c1-20-13(18)9-6-22-7-17(12(9)14(19)21-2)11-4-3-8(15)5-10(11)16/h3-5H,6-7H2,1-2H3. The van der Waals surface area contributed by atoms with Crippen LogP contribution >= 0.6 is 27.5 Å². The number of ether oxygens (including phenoxy) is 3. The van der Waals surface area contributed by atoms with Crippen molar-refractivity contribution in [1.82, 2.24) is 0 Å². The van der Waals surface area contributed by atoms with Crippen LogP contribution in [0, 0.1) is 0 Å². The van der Waals surface area contributed by atoms with E-state index in [-0.39, 0.29) is 24.6 Å². The maximum Gasteiger partial charge on any atom is 0.355 e. The summed E-state index contributed by atoms with van der Waals surface area (Å²) < 4.78 is 15.6. The van der Waals surface area contributed by atoms with Crippen LogP contribution in [0.2, 0.25) is 5.02 Å². The van der Waals surface area contributed by atoms with Gasteiger partial charge in [-0.2, -0.15) is 0 Å². The zero-order valence-electron chi connectivity index (χ0n) is 11.9. The third kappa shape index (κ3) is 3.26. The summed E-state index contributed by atoms with van der Waals surface area (Å²) in [5, 5.41) is 0.394.